The first-order valence-electron chi connectivity index (χ1n) is 8.57. The van der Waals surface area contributed by atoms with Gasteiger partial charge < -0.3 is 10.1 Å². The van der Waals surface area contributed by atoms with Gasteiger partial charge in [0, 0.05) is 10.6 Å². The van der Waals surface area contributed by atoms with E-state index in [1.807, 2.05) is 26.8 Å². The van der Waals surface area contributed by atoms with E-state index in [0.29, 0.717) is 16.3 Å². The number of hydrazine groups is 1. The van der Waals surface area contributed by atoms with Gasteiger partial charge in [-0.05, 0) is 56.7 Å². The van der Waals surface area contributed by atoms with E-state index in [2.05, 4.69) is 16.2 Å². The summed E-state index contributed by atoms with van der Waals surface area (Å²) >= 11 is 5.92. The topological polar surface area (TPSA) is 96.5 Å². The lowest BCUT2D eigenvalue weighted by atomic mass is 10.1. The van der Waals surface area contributed by atoms with Crippen molar-refractivity contribution in [3.05, 3.63) is 63.7 Å². The minimum Gasteiger partial charge on any atom is -0.484 e. The number of aryl methyl sites for hydroxylation is 3. The van der Waals surface area contributed by atoms with Gasteiger partial charge in [0.25, 0.3) is 17.7 Å². The second-order valence-corrected chi connectivity index (χ2v) is 6.76. The molecule has 0 radical (unpaired) electrons. The normalized spacial score (nSPS) is 10.1. The summed E-state index contributed by atoms with van der Waals surface area (Å²) in [5.74, 6) is -0.978. The molecule has 148 valence electrons. The quantitative estimate of drug-likeness (QED) is 0.644. The van der Waals surface area contributed by atoms with Gasteiger partial charge in [-0.3, -0.25) is 25.2 Å². The number of ether oxygens (including phenoxy) is 1. The maximum absolute atomic E-state index is 12.1. The fourth-order valence-corrected chi connectivity index (χ4v) is 2.56. The average Bonchev–Trinajstić information content (AvgIpc) is 2.64. The Kier molecular flexibility index (Phi) is 7.40. The molecular weight excluding hydrogens is 382 g/mol. The maximum Gasteiger partial charge on any atom is 0.276 e. The zero-order chi connectivity index (χ0) is 20.7. The van der Waals surface area contributed by atoms with Crippen molar-refractivity contribution in [3.8, 4) is 5.75 Å². The summed E-state index contributed by atoms with van der Waals surface area (Å²) < 4.78 is 5.32. The van der Waals surface area contributed by atoms with Gasteiger partial charge in [-0.1, -0.05) is 28.8 Å². The SMILES string of the molecule is Cc1cc(C)cc(C(=O)NCC(=O)NNC(=O)COc2ccc(Cl)c(C)c2)c1. The molecule has 0 saturated heterocycles. The number of hydrogen-bond donors (Lipinski definition) is 3. The molecule has 2 aromatic carbocycles. The van der Waals surface area contributed by atoms with Crippen LogP contribution in [0.3, 0.4) is 0 Å². The third-order valence-corrected chi connectivity index (χ3v) is 4.16. The Labute approximate surface area is 168 Å². The van der Waals surface area contributed by atoms with Gasteiger partial charge in [-0.25, -0.2) is 0 Å². The molecule has 0 heterocycles. The zero-order valence-corrected chi connectivity index (χ0v) is 16.6. The molecule has 0 aromatic heterocycles. The first kappa shape index (κ1) is 21.2. The zero-order valence-electron chi connectivity index (χ0n) is 15.9. The van der Waals surface area contributed by atoms with Crippen molar-refractivity contribution >= 4 is 29.3 Å². The molecule has 28 heavy (non-hydrogen) atoms. The molecule has 0 aliphatic heterocycles. The summed E-state index contributed by atoms with van der Waals surface area (Å²) in [6.07, 6.45) is 0. The number of nitrogens with one attached hydrogen (secondary N) is 3. The number of halogens is 1. The van der Waals surface area contributed by atoms with Gasteiger partial charge in [0.15, 0.2) is 6.61 Å². The predicted molar refractivity (Wildman–Crippen MR) is 106 cm³/mol. The van der Waals surface area contributed by atoms with Crippen LogP contribution in [-0.2, 0) is 9.59 Å². The Bertz CT molecular complexity index is 879. The number of benzene rings is 2. The van der Waals surface area contributed by atoms with Gasteiger partial charge in [-0.2, -0.15) is 0 Å². The van der Waals surface area contributed by atoms with E-state index in [-0.39, 0.29) is 19.1 Å². The summed E-state index contributed by atoms with van der Waals surface area (Å²) in [5, 5.41) is 3.10. The molecule has 7 nitrogen and oxygen atoms in total. The van der Waals surface area contributed by atoms with Gasteiger partial charge in [0.1, 0.15) is 5.75 Å². The van der Waals surface area contributed by atoms with Crippen molar-refractivity contribution in [2.24, 2.45) is 0 Å². The second kappa shape index (κ2) is 9.75. The van der Waals surface area contributed by atoms with Crippen LogP contribution in [0.4, 0.5) is 0 Å². The van der Waals surface area contributed by atoms with Crippen LogP contribution in [0.25, 0.3) is 0 Å². The van der Waals surface area contributed by atoms with Crippen LogP contribution in [-0.4, -0.2) is 30.9 Å². The van der Waals surface area contributed by atoms with Gasteiger partial charge >= 0.3 is 0 Å². The Morgan fingerprint density at radius 3 is 2.21 bits per heavy atom. The van der Waals surface area contributed by atoms with Crippen molar-refractivity contribution in [2.45, 2.75) is 20.8 Å². The molecule has 3 amide bonds. The highest BCUT2D eigenvalue weighted by atomic mass is 35.5. The largest absolute Gasteiger partial charge is 0.484 e. The molecule has 0 aliphatic carbocycles. The Balaban J connectivity index is 1.71. The molecule has 8 heteroatoms. The first-order valence-corrected chi connectivity index (χ1v) is 8.95. The summed E-state index contributed by atoms with van der Waals surface area (Å²) in [6.45, 7) is 5.04. The van der Waals surface area contributed by atoms with Crippen LogP contribution >= 0.6 is 11.6 Å². The monoisotopic (exact) mass is 403 g/mol. The van der Waals surface area contributed by atoms with Crippen LogP contribution in [0.1, 0.15) is 27.0 Å². The predicted octanol–water partition coefficient (Wildman–Crippen LogP) is 2.22. The average molecular weight is 404 g/mol. The van der Waals surface area contributed by atoms with Gasteiger partial charge in [0.05, 0.1) is 6.54 Å². The lowest BCUT2D eigenvalue weighted by Crippen LogP contribution is -2.47. The summed E-state index contributed by atoms with van der Waals surface area (Å²) in [6, 6.07) is 10.4. The summed E-state index contributed by atoms with van der Waals surface area (Å²) in [5.41, 5.74) is 7.65. The number of carbonyl (C=O) groups is 3. The summed E-state index contributed by atoms with van der Waals surface area (Å²) in [7, 11) is 0. The highest BCUT2D eigenvalue weighted by Crippen LogP contribution is 2.20. The molecule has 0 fully saturated rings. The first-order chi connectivity index (χ1) is 13.2. The Morgan fingerprint density at radius 2 is 1.57 bits per heavy atom. The fourth-order valence-electron chi connectivity index (χ4n) is 2.44. The minimum absolute atomic E-state index is 0.274. The molecular formula is C20H22ClN3O4. The minimum atomic E-state index is -0.562. The van der Waals surface area contributed by atoms with Crippen LogP contribution in [0.5, 0.6) is 5.75 Å². The highest BCUT2D eigenvalue weighted by molar-refractivity contribution is 6.31. The van der Waals surface area contributed by atoms with E-state index >= 15 is 0 Å². The number of rotatable bonds is 6. The number of amides is 3. The van der Waals surface area contributed by atoms with Crippen molar-refractivity contribution in [3.63, 3.8) is 0 Å². The fraction of sp³-hybridized carbons (Fsp3) is 0.250. The summed E-state index contributed by atoms with van der Waals surface area (Å²) in [4.78, 5) is 35.6. The molecule has 0 bridgehead atoms. The standard InChI is InChI=1S/C20H22ClN3O4/c1-12-6-13(2)8-15(7-12)20(27)22-10-18(25)23-24-19(26)11-28-16-4-5-17(21)14(3)9-16/h4-9H,10-11H2,1-3H3,(H,22,27)(H,23,25)(H,24,26). The highest BCUT2D eigenvalue weighted by Gasteiger charge is 2.10. The third kappa shape index (κ3) is 6.59. The maximum atomic E-state index is 12.1. The van der Waals surface area contributed by atoms with E-state index < -0.39 is 11.8 Å². The van der Waals surface area contributed by atoms with E-state index in [0.717, 1.165) is 16.7 Å². The Morgan fingerprint density at radius 1 is 0.929 bits per heavy atom. The molecule has 0 atom stereocenters. The van der Waals surface area contributed by atoms with Crippen LogP contribution < -0.4 is 20.9 Å². The molecule has 0 saturated carbocycles. The van der Waals surface area contributed by atoms with E-state index in [9.17, 15) is 14.4 Å². The molecule has 2 rings (SSSR count). The molecule has 0 aliphatic rings. The van der Waals surface area contributed by atoms with E-state index in [4.69, 9.17) is 16.3 Å². The molecule has 3 N–H and O–H groups in total. The second-order valence-electron chi connectivity index (χ2n) is 6.36. The van der Waals surface area contributed by atoms with Crippen molar-refractivity contribution < 1.29 is 19.1 Å². The lowest BCUT2D eigenvalue weighted by Gasteiger charge is -2.10. The number of hydrogen-bond acceptors (Lipinski definition) is 4. The van der Waals surface area contributed by atoms with Crippen LogP contribution in [0.15, 0.2) is 36.4 Å². The third-order valence-electron chi connectivity index (χ3n) is 3.73. The number of carbonyl (C=O) groups excluding carboxylic acids is 3. The molecule has 2 aromatic rings. The lowest BCUT2D eigenvalue weighted by molar-refractivity contribution is -0.129. The van der Waals surface area contributed by atoms with E-state index in [1.165, 1.54) is 0 Å². The Hall–Kier alpha value is -3.06. The van der Waals surface area contributed by atoms with Gasteiger partial charge in [-0.15, -0.1) is 0 Å². The van der Waals surface area contributed by atoms with Crippen LogP contribution in [0, 0.1) is 20.8 Å². The van der Waals surface area contributed by atoms with Crippen molar-refractivity contribution in [1.29, 1.82) is 0 Å². The smallest absolute Gasteiger partial charge is 0.276 e. The van der Waals surface area contributed by atoms with Gasteiger partial charge in [0.2, 0.25) is 0 Å². The van der Waals surface area contributed by atoms with Crippen molar-refractivity contribution in [1.82, 2.24) is 16.2 Å². The van der Waals surface area contributed by atoms with Crippen molar-refractivity contribution in [2.75, 3.05) is 13.2 Å². The molecule has 0 unspecified atom stereocenters. The molecule has 0 spiro atoms. The van der Waals surface area contributed by atoms with E-state index in [1.54, 1.807) is 30.3 Å². The van der Waals surface area contributed by atoms with Crippen LogP contribution in [0.2, 0.25) is 5.02 Å².